The standard InChI is InChI=1S/C25H39N5O4S/c1-16-11-21(25(33)29-13-20-12-18(15-35-20)24(26)27)30(17(16)2)23(32)14-28-22(31)9-6-10-34-19-7-4-3-5-8-19/h12,15-17,19,21H,3-11,13-14H2,1-2H3,(H3,26,27)(H,28,31)(H,29,33)/t16-,17?,21?/m0/s1. The van der Waals surface area contributed by atoms with Crippen molar-refractivity contribution >= 4 is 34.9 Å². The van der Waals surface area contributed by atoms with Crippen LogP contribution in [-0.2, 0) is 25.7 Å². The molecule has 0 spiro atoms. The highest BCUT2D eigenvalue weighted by Gasteiger charge is 2.42. The van der Waals surface area contributed by atoms with Crippen LogP contribution in [0.1, 0.15) is 75.7 Å². The van der Waals surface area contributed by atoms with Gasteiger partial charge in [-0.1, -0.05) is 26.2 Å². The van der Waals surface area contributed by atoms with Gasteiger partial charge in [0.25, 0.3) is 0 Å². The molecule has 3 rings (SSSR count). The van der Waals surface area contributed by atoms with E-state index in [1.54, 1.807) is 16.3 Å². The first-order valence-corrected chi connectivity index (χ1v) is 13.5. The van der Waals surface area contributed by atoms with Crippen LogP contribution in [0.3, 0.4) is 0 Å². The largest absolute Gasteiger partial charge is 0.384 e. The summed E-state index contributed by atoms with van der Waals surface area (Å²) in [4.78, 5) is 40.7. The Balaban J connectivity index is 1.42. The van der Waals surface area contributed by atoms with Crippen molar-refractivity contribution in [3.8, 4) is 0 Å². The number of thiophene rings is 1. The van der Waals surface area contributed by atoms with E-state index in [4.69, 9.17) is 15.9 Å². The van der Waals surface area contributed by atoms with Gasteiger partial charge in [0.15, 0.2) is 0 Å². The third-order valence-electron chi connectivity index (χ3n) is 7.08. The lowest BCUT2D eigenvalue weighted by molar-refractivity contribution is -0.140. The fourth-order valence-electron chi connectivity index (χ4n) is 4.83. The fourth-order valence-corrected chi connectivity index (χ4v) is 5.65. The highest BCUT2D eigenvalue weighted by molar-refractivity contribution is 7.10. The van der Waals surface area contributed by atoms with Gasteiger partial charge in [-0.3, -0.25) is 19.8 Å². The van der Waals surface area contributed by atoms with Crippen LogP contribution < -0.4 is 16.4 Å². The molecule has 35 heavy (non-hydrogen) atoms. The second-order valence-electron chi connectivity index (χ2n) is 9.71. The molecule has 0 bridgehead atoms. The Morgan fingerprint density at radius 3 is 2.63 bits per heavy atom. The Morgan fingerprint density at radius 2 is 1.94 bits per heavy atom. The number of nitrogens with two attached hydrogens (primary N) is 1. The van der Waals surface area contributed by atoms with Crippen LogP contribution in [-0.4, -0.2) is 59.8 Å². The first-order chi connectivity index (χ1) is 16.8. The summed E-state index contributed by atoms with van der Waals surface area (Å²) in [5.41, 5.74) is 6.14. The molecule has 1 aromatic heterocycles. The molecular weight excluding hydrogens is 466 g/mol. The number of likely N-dealkylation sites (tertiary alicyclic amines) is 1. The maximum absolute atomic E-state index is 13.0. The summed E-state index contributed by atoms with van der Waals surface area (Å²) in [6.45, 7) is 4.74. The number of nitrogens with one attached hydrogen (secondary N) is 3. The van der Waals surface area contributed by atoms with Crippen molar-refractivity contribution in [2.24, 2.45) is 11.7 Å². The van der Waals surface area contributed by atoms with Crippen LogP contribution in [0.2, 0.25) is 0 Å². The van der Waals surface area contributed by atoms with Gasteiger partial charge >= 0.3 is 0 Å². The molecule has 5 N–H and O–H groups in total. The molecule has 2 unspecified atom stereocenters. The first kappa shape index (κ1) is 27.1. The number of ether oxygens (including phenoxy) is 1. The molecule has 1 aliphatic carbocycles. The molecule has 1 aromatic rings. The minimum Gasteiger partial charge on any atom is -0.384 e. The molecule has 0 radical (unpaired) electrons. The number of hydrogen-bond donors (Lipinski definition) is 4. The summed E-state index contributed by atoms with van der Waals surface area (Å²) in [5, 5.41) is 14.9. The molecule has 10 heteroatoms. The number of hydrogen-bond acceptors (Lipinski definition) is 6. The molecule has 1 saturated heterocycles. The SMILES string of the molecule is CC1[C@@H](C)CC(C(=O)NCc2cc(C(=N)N)cs2)N1C(=O)CNC(=O)CCCOC1CCCCC1. The highest BCUT2D eigenvalue weighted by atomic mass is 32.1. The van der Waals surface area contributed by atoms with E-state index in [0.29, 0.717) is 44.1 Å². The average Bonchev–Trinajstić information content (AvgIpc) is 3.44. The Kier molecular flexibility index (Phi) is 10.1. The van der Waals surface area contributed by atoms with E-state index in [2.05, 4.69) is 10.6 Å². The summed E-state index contributed by atoms with van der Waals surface area (Å²) in [6.07, 6.45) is 7.78. The fraction of sp³-hybridized carbons (Fsp3) is 0.680. The van der Waals surface area contributed by atoms with E-state index in [-0.39, 0.29) is 42.1 Å². The molecule has 1 aliphatic heterocycles. The molecule has 0 aromatic carbocycles. The van der Waals surface area contributed by atoms with Crippen LogP contribution >= 0.6 is 11.3 Å². The highest BCUT2D eigenvalue weighted by Crippen LogP contribution is 2.30. The third kappa shape index (κ3) is 7.76. The zero-order valence-corrected chi connectivity index (χ0v) is 21.6. The van der Waals surface area contributed by atoms with Crippen molar-refractivity contribution in [2.45, 2.75) is 89.9 Å². The number of amidine groups is 1. The Hall–Kier alpha value is -2.46. The molecular formula is C25H39N5O4S. The van der Waals surface area contributed by atoms with E-state index in [0.717, 1.165) is 17.7 Å². The normalized spacial score (nSPS) is 22.7. The minimum atomic E-state index is -0.569. The maximum Gasteiger partial charge on any atom is 0.243 e. The van der Waals surface area contributed by atoms with Gasteiger partial charge in [0.1, 0.15) is 11.9 Å². The summed E-state index contributed by atoms with van der Waals surface area (Å²) < 4.78 is 5.86. The second-order valence-corrected chi connectivity index (χ2v) is 10.7. The number of rotatable bonds is 11. The van der Waals surface area contributed by atoms with Gasteiger partial charge in [0, 0.05) is 34.9 Å². The van der Waals surface area contributed by atoms with Crippen LogP contribution in [0.4, 0.5) is 0 Å². The van der Waals surface area contributed by atoms with E-state index >= 15 is 0 Å². The van der Waals surface area contributed by atoms with Crippen molar-refractivity contribution in [1.82, 2.24) is 15.5 Å². The predicted octanol–water partition coefficient (Wildman–Crippen LogP) is 2.52. The monoisotopic (exact) mass is 505 g/mol. The van der Waals surface area contributed by atoms with Gasteiger partial charge in [0.05, 0.1) is 19.2 Å². The number of amides is 3. The van der Waals surface area contributed by atoms with Crippen LogP contribution in [0.25, 0.3) is 0 Å². The Bertz CT molecular complexity index is 898. The van der Waals surface area contributed by atoms with E-state index in [1.165, 1.54) is 30.6 Å². The quantitative estimate of drug-likeness (QED) is 0.208. The van der Waals surface area contributed by atoms with Crippen LogP contribution in [0, 0.1) is 11.3 Å². The van der Waals surface area contributed by atoms with Gasteiger partial charge in [-0.15, -0.1) is 11.3 Å². The van der Waals surface area contributed by atoms with Gasteiger partial charge in [-0.2, -0.15) is 0 Å². The van der Waals surface area contributed by atoms with Crippen molar-refractivity contribution < 1.29 is 19.1 Å². The second kappa shape index (κ2) is 13.0. The molecule has 194 valence electrons. The van der Waals surface area contributed by atoms with E-state index < -0.39 is 6.04 Å². The van der Waals surface area contributed by atoms with Crippen molar-refractivity contribution in [3.63, 3.8) is 0 Å². The number of nitrogens with zero attached hydrogens (tertiary/aromatic N) is 1. The topological polar surface area (TPSA) is 138 Å². The molecule has 3 amide bonds. The smallest absolute Gasteiger partial charge is 0.243 e. The van der Waals surface area contributed by atoms with Gasteiger partial charge < -0.3 is 26.0 Å². The van der Waals surface area contributed by atoms with Crippen LogP contribution in [0.5, 0.6) is 0 Å². The van der Waals surface area contributed by atoms with E-state index in [1.807, 2.05) is 13.8 Å². The number of carbonyl (C=O) groups is 3. The molecule has 9 nitrogen and oxygen atoms in total. The lowest BCUT2D eigenvalue weighted by Crippen LogP contribution is -2.51. The predicted molar refractivity (Wildman–Crippen MR) is 136 cm³/mol. The third-order valence-corrected chi connectivity index (χ3v) is 8.01. The van der Waals surface area contributed by atoms with Crippen molar-refractivity contribution in [1.29, 1.82) is 5.41 Å². The number of carbonyl (C=O) groups excluding carboxylic acids is 3. The van der Waals surface area contributed by atoms with Gasteiger partial charge in [0.2, 0.25) is 17.7 Å². The summed E-state index contributed by atoms with van der Waals surface area (Å²) in [5.74, 6) is -0.464. The van der Waals surface area contributed by atoms with Crippen molar-refractivity contribution in [2.75, 3.05) is 13.2 Å². The molecule has 1 saturated carbocycles. The zero-order chi connectivity index (χ0) is 25.4. The minimum absolute atomic E-state index is 0.00663. The molecule has 2 fully saturated rings. The van der Waals surface area contributed by atoms with E-state index in [9.17, 15) is 14.4 Å². The maximum atomic E-state index is 13.0. The van der Waals surface area contributed by atoms with Gasteiger partial charge in [-0.25, -0.2) is 0 Å². The summed E-state index contributed by atoms with van der Waals surface area (Å²) in [7, 11) is 0. The lowest BCUT2D eigenvalue weighted by Gasteiger charge is -2.28. The summed E-state index contributed by atoms with van der Waals surface area (Å²) >= 11 is 1.43. The zero-order valence-electron chi connectivity index (χ0n) is 20.8. The first-order valence-electron chi connectivity index (χ1n) is 12.6. The number of nitrogen functional groups attached to an aromatic ring is 1. The molecule has 3 atom stereocenters. The lowest BCUT2D eigenvalue weighted by atomic mass is 9.98. The van der Waals surface area contributed by atoms with Crippen LogP contribution in [0.15, 0.2) is 11.4 Å². The molecule has 2 heterocycles. The van der Waals surface area contributed by atoms with Crippen molar-refractivity contribution in [3.05, 3.63) is 21.9 Å². The van der Waals surface area contributed by atoms with Gasteiger partial charge in [-0.05, 0) is 44.6 Å². The Morgan fingerprint density at radius 1 is 1.20 bits per heavy atom. The summed E-state index contributed by atoms with van der Waals surface area (Å²) in [6, 6.07) is 1.12. The average molecular weight is 506 g/mol. The molecule has 2 aliphatic rings. The Labute approximate surface area is 211 Å².